The standard InChI is InChI=1S/C14H15F3N6S/c1-2-3-8-6-9-11(19-20-12(9)24-8)22-4-5-23-10(7-22)18-21-13(23)14(15,16)17/h6H,2-5,7H2,1H3,(H,19,20). The molecule has 0 saturated carbocycles. The first-order valence-corrected chi connectivity index (χ1v) is 8.50. The van der Waals surface area contributed by atoms with Gasteiger partial charge in [-0.3, -0.25) is 5.10 Å². The van der Waals surface area contributed by atoms with Crippen molar-refractivity contribution in [1.82, 2.24) is 25.0 Å². The predicted octanol–water partition coefficient (Wildman–Crippen LogP) is 3.21. The number of thiophene rings is 1. The van der Waals surface area contributed by atoms with Crippen molar-refractivity contribution >= 4 is 27.4 Å². The molecule has 24 heavy (non-hydrogen) atoms. The molecular weight excluding hydrogens is 341 g/mol. The SMILES string of the molecule is CCCc1cc2c(N3CCn4c(nnc4C(F)(F)F)C3)[nH]nc2s1. The van der Waals surface area contributed by atoms with Crippen LogP contribution in [0.25, 0.3) is 10.2 Å². The van der Waals surface area contributed by atoms with Gasteiger partial charge < -0.3 is 9.47 Å². The molecule has 128 valence electrons. The van der Waals surface area contributed by atoms with Crippen LogP contribution in [-0.2, 0) is 25.7 Å². The fraction of sp³-hybridized carbons (Fsp3) is 0.500. The highest BCUT2D eigenvalue weighted by Gasteiger charge is 2.39. The highest BCUT2D eigenvalue weighted by molar-refractivity contribution is 7.18. The van der Waals surface area contributed by atoms with Gasteiger partial charge in [-0.05, 0) is 12.5 Å². The number of nitrogens with zero attached hydrogens (tertiary/aromatic N) is 5. The summed E-state index contributed by atoms with van der Waals surface area (Å²) in [4.78, 5) is 4.17. The lowest BCUT2D eigenvalue weighted by molar-refractivity contribution is -0.147. The van der Waals surface area contributed by atoms with E-state index in [-0.39, 0.29) is 13.1 Å². The average Bonchev–Trinajstić information content (AvgIpc) is 3.18. The monoisotopic (exact) mass is 356 g/mol. The molecule has 0 saturated heterocycles. The normalized spacial score (nSPS) is 15.2. The summed E-state index contributed by atoms with van der Waals surface area (Å²) in [6.07, 6.45) is -2.41. The van der Waals surface area contributed by atoms with Crippen molar-refractivity contribution < 1.29 is 13.2 Å². The first-order valence-electron chi connectivity index (χ1n) is 7.68. The Morgan fingerprint density at radius 3 is 2.88 bits per heavy atom. The minimum absolute atomic E-state index is 0.198. The number of rotatable bonds is 3. The molecule has 4 rings (SSSR count). The van der Waals surface area contributed by atoms with Crippen molar-refractivity contribution in [2.45, 2.75) is 39.0 Å². The Kier molecular flexibility index (Phi) is 3.52. The molecule has 1 aliphatic heterocycles. The number of alkyl halides is 3. The van der Waals surface area contributed by atoms with Crippen LogP contribution in [0, 0.1) is 0 Å². The molecule has 0 fully saturated rings. The second-order valence-corrected chi connectivity index (χ2v) is 6.88. The van der Waals surface area contributed by atoms with Gasteiger partial charge in [-0.1, -0.05) is 13.3 Å². The third-order valence-corrected chi connectivity index (χ3v) is 5.19. The number of nitrogens with one attached hydrogen (secondary N) is 1. The number of hydrogen-bond donors (Lipinski definition) is 1. The highest BCUT2D eigenvalue weighted by Crippen LogP contribution is 2.34. The lowest BCUT2D eigenvalue weighted by Crippen LogP contribution is -2.35. The molecule has 0 radical (unpaired) electrons. The molecule has 0 bridgehead atoms. The summed E-state index contributed by atoms with van der Waals surface area (Å²) < 4.78 is 39.9. The Hall–Kier alpha value is -2.10. The number of H-pyrrole nitrogens is 1. The molecule has 4 heterocycles. The minimum Gasteiger partial charge on any atom is -0.347 e. The molecule has 3 aromatic rings. The second-order valence-electron chi connectivity index (χ2n) is 5.76. The molecule has 1 aliphatic rings. The maximum absolute atomic E-state index is 12.9. The van der Waals surface area contributed by atoms with Crippen LogP contribution in [0.5, 0.6) is 0 Å². The van der Waals surface area contributed by atoms with E-state index in [1.807, 2.05) is 4.90 Å². The summed E-state index contributed by atoms with van der Waals surface area (Å²) in [5.74, 6) is 0.236. The molecule has 10 heteroatoms. The number of halogens is 3. The van der Waals surface area contributed by atoms with E-state index in [9.17, 15) is 13.2 Å². The van der Waals surface area contributed by atoms with Crippen molar-refractivity contribution in [2.24, 2.45) is 0 Å². The molecule has 3 aromatic heterocycles. The van der Waals surface area contributed by atoms with Gasteiger partial charge in [0.25, 0.3) is 0 Å². The summed E-state index contributed by atoms with van der Waals surface area (Å²) in [7, 11) is 0. The fourth-order valence-corrected chi connectivity index (χ4v) is 4.11. The largest absolute Gasteiger partial charge is 0.451 e. The van der Waals surface area contributed by atoms with Crippen LogP contribution in [0.2, 0.25) is 0 Å². The van der Waals surface area contributed by atoms with Gasteiger partial charge in [0, 0.05) is 18.0 Å². The van der Waals surface area contributed by atoms with Crippen LogP contribution < -0.4 is 4.90 Å². The van der Waals surface area contributed by atoms with Gasteiger partial charge in [-0.2, -0.15) is 18.3 Å². The van der Waals surface area contributed by atoms with Crippen LogP contribution in [0.3, 0.4) is 0 Å². The van der Waals surface area contributed by atoms with Crippen LogP contribution >= 0.6 is 11.3 Å². The molecule has 1 N–H and O–H groups in total. The Morgan fingerprint density at radius 2 is 2.12 bits per heavy atom. The molecule has 0 amide bonds. The van der Waals surface area contributed by atoms with Crippen molar-refractivity contribution in [2.75, 3.05) is 11.4 Å². The van der Waals surface area contributed by atoms with Crippen molar-refractivity contribution in [3.05, 3.63) is 22.6 Å². The number of fused-ring (bicyclic) bond motifs is 2. The zero-order valence-electron chi connectivity index (χ0n) is 12.9. The number of aromatic nitrogens is 5. The molecule has 0 unspecified atom stereocenters. The van der Waals surface area contributed by atoms with Gasteiger partial charge in [0.1, 0.15) is 10.6 Å². The smallest absolute Gasteiger partial charge is 0.347 e. The molecule has 0 aliphatic carbocycles. The number of hydrogen-bond acceptors (Lipinski definition) is 5. The van der Waals surface area contributed by atoms with Crippen molar-refractivity contribution in [3.8, 4) is 0 Å². The van der Waals surface area contributed by atoms with E-state index in [2.05, 4.69) is 33.4 Å². The summed E-state index contributed by atoms with van der Waals surface area (Å²) in [5.41, 5.74) is 0. The first kappa shape index (κ1) is 15.4. The molecule has 0 atom stereocenters. The van der Waals surface area contributed by atoms with E-state index in [4.69, 9.17) is 0 Å². The fourth-order valence-electron chi connectivity index (χ4n) is 3.02. The van der Waals surface area contributed by atoms with E-state index in [0.717, 1.165) is 33.4 Å². The van der Waals surface area contributed by atoms with E-state index < -0.39 is 12.0 Å². The number of aryl methyl sites for hydroxylation is 1. The summed E-state index contributed by atoms with van der Waals surface area (Å²) in [6, 6.07) is 2.11. The highest BCUT2D eigenvalue weighted by atomic mass is 32.1. The van der Waals surface area contributed by atoms with Gasteiger partial charge in [0.05, 0.1) is 11.9 Å². The van der Waals surface area contributed by atoms with Crippen LogP contribution in [0.4, 0.5) is 19.0 Å². The zero-order chi connectivity index (χ0) is 16.9. The molecular formula is C14H15F3N6S. The van der Waals surface area contributed by atoms with Crippen LogP contribution in [0.1, 0.15) is 29.9 Å². The Labute approximate surface area is 139 Å². The van der Waals surface area contributed by atoms with Gasteiger partial charge >= 0.3 is 6.18 Å². The second kappa shape index (κ2) is 5.47. The first-order chi connectivity index (χ1) is 11.5. The third kappa shape index (κ3) is 2.45. The summed E-state index contributed by atoms with van der Waals surface area (Å²) in [6.45, 7) is 3.05. The zero-order valence-corrected chi connectivity index (χ0v) is 13.7. The average molecular weight is 356 g/mol. The lowest BCUT2D eigenvalue weighted by atomic mass is 10.2. The number of anilines is 1. The van der Waals surface area contributed by atoms with E-state index >= 15 is 0 Å². The predicted molar refractivity (Wildman–Crippen MR) is 84.0 cm³/mol. The third-order valence-electron chi connectivity index (χ3n) is 4.10. The van der Waals surface area contributed by atoms with Gasteiger partial charge in [0.15, 0.2) is 5.82 Å². The van der Waals surface area contributed by atoms with E-state index in [0.29, 0.717) is 12.4 Å². The lowest BCUT2D eigenvalue weighted by Gasteiger charge is -2.28. The maximum Gasteiger partial charge on any atom is 0.451 e. The summed E-state index contributed by atoms with van der Waals surface area (Å²) in [5, 5.41) is 15.4. The topological polar surface area (TPSA) is 62.6 Å². The Bertz CT molecular complexity index is 877. The van der Waals surface area contributed by atoms with Gasteiger partial charge in [-0.25, -0.2) is 0 Å². The van der Waals surface area contributed by atoms with Crippen molar-refractivity contribution in [1.29, 1.82) is 0 Å². The minimum atomic E-state index is -4.48. The maximum atomic E-state index is 12.9. The van der Waals surface area contributed by atoms with E-state index in [1.165, 1.54) is 4.88 Å². The van der Waals surface area contributed by atoms with Gasteiger partial charge in [-0.15, -0.1) is 21.5 Å². The van der Waals surface area contributed by atoms with Gasteiger partial charge in [0.2, 0.25) is 5.82 Å². The Morgan fingerprint density at radius 1 is 1.29 bits per heavy atom. The molecule has 0 spiro atoms. The van der Waals surface area contributed by atoms with E-state index in [1.54, 1.807) is 11.3 Å². The quantitative estimate of drug-likeness (QED) is 0.783. The molecule has 0 aromatic carbocycles. The summed E-state index contributed by atoms with van der Waals surface area (Å²) >= 11 is 1.65. The van der Waals surface area contributed by atoms with Crippen LogP contribution in [0.15, 0.2) is 6.07 Å². The van der Waals surface area contributed by atoms with Crippen molar-refractivity contribution in [3.63, 3.8) is 0 Å². The number of aromatic amines is 1. The molecule has 6 nitrogen and oxygen atoms in total. The van der Waals surface area contributed by atoms with Crippen LogP contribution in [-0.4, -0.2) is 31.5 Å². The Balaban J connectivity index is 1.64.